The molecular formula is C29H32N2O6S. The first-order valence-corrected chi connectivity index (χ1v) is 13.5. The molecule has 1 aliphatic heterocycles. The first-order valence-electron chi connectivity index (χ1n) is 12.7. The van der Waals surface area contributed by atoms with Crippen LogP contribution < -0.4 is 29.1 Å². The molecule has 8 nitrogen and oxygen atoms in total. The number of rotatable bonds is 10. The normalized spacial score (nSPS) is 15.1. The van der Waals surface area contributed by atoms with Crippen molar-refractivity contribution in [3.63, 3.8) is 0 Å². The molecule has 0 amide bonds. The Morgan fingerprint density at radius 2 is 1.63 bits per heavy atom. The fourth-order valence-electron chi connectivity index (χ4n) is 4.32. The SMILES string of the molecule is CCOC(=O)C1=C(C)N=c2s/c(=C/c3ccc(OCC)cc3)c(=O)n2C1c1ccc(OCC)c(OCC)c1. The average molecular weight is 537 g/mol. The van der Waals surface area contributed by atoms with Crippen LogP contribution >= 0.6 is 11.3 Å². The number of hydrogen-bond donors (Lipinski definition) is 0. The number of nitrogens with zero attached hydrogens (tertiary/aromatic N) is 2. The van der Waals surface area contributed by atoms with Crippen molar-refractivity contribution >= 4 is 23.4 Å². The Morgan fingerprint density at radius 1 is 0.947 bits per heavy atom. The van der Waals surface area contributed by atoms with Crippen molar-refractivity contribution in [2.45, 2.75) is 40.7 Å². The van der Waals surface area contributed by atoms with E-state index in [9.17, 15) is 9.59 Å². The van der Waals surface area contributed by atoms with Crippen LogP contribution in [0.4, 0.5) is 0 Å². The molecule has 2 aromatic carbocycles. The predicted octanol–water partition coefficient (Wildman–Crippen LogP) is 3.99. The number of carbonyl (C=O) groups excluding carboxylic acids is 1. The Morgan fingerprint density at radius 3 is 2.29 bits per heavy atom. The summed E-state index contributed by atoms with van der Waals surface area (Å²) in [7, 11) is 0. The van der Waals surface area contributed by atoms with Gasteiger partial charge in [-0.2, -0.15) is 0 Å². The van der Waals surface area contributed by atoms with Gasteiger partial charge in [-0.05, 0) is 76.1 Å². The molecule has 0 aliphatic carbocycles. The number of thiazole rings is 1. The van der Waals surface area contributed by atoms with Gasteiger partial charge in [-0.15, -0.1) is 0 Å². The predicted molar refractivity (Wildman–Crippen MR) is 147 cm³/mol. The molecule has 2 heterocycles. The molecule has 3 aromatic rings. The van der Waals surface area contributed by atoms with Gasteiger partial charge in [0.2, 0.25) is 0 Å². The Hall–Kier alpha value is -3.85. The third kappa shape index (κ3) is 5.52. The van der Waals surface area contributed by atoms with Crippen LogP contribution in [0.25, 0.3) is 6.08 Å². The van der Waals surface area contributed by atoms with Crippen LogP contribution in [0.3, 0.4) is 0 Å². The van der Waals surface area contributed by atoms with E-state index in [4.69, 9.17) is 18.9 Å². The average Bonchev–Trinajstić information content (AvgIpc) is 3.20. The molecule has 0 N–H and O–H groups in total. The lowest BCUT2D eigenvalue weighted by Crippen LogP contribution is -2.40. The molecule has 1 atom stereocenters. The highest BCUT2D eigenvalue weighted by Crippen LogP contribution is 2.36. The van der Waals surface area contributed by atoms with Crippen molar-refractivity contribution in [2.24, 2.45) is 4.99 Å². The summed E-state index contributed by atoms with van der Waals surface area (Å²) in [6.07, 6.45) is 1.82. The summed E-state index contributed by atoms with van der Waals surface area (Å²) in [5.74, 6) is 1.40. The van der Waals surface area contributed by atoms with Crippen molar-refractivity contribution in [3.05, 3.63) is 84.5 Å². The highest BCUT2D eigenvalue weighted by atomic mass is 32.1. The minimum absolute atomic E-state index is 0.206. The zero-order chi connectivity index (χ0) is 27.2. The summed E-state index contributed by atoms with van der Waals surface area (Å²) in [6.45, 7) is 10.9. The van der Waals surface area contributed by atoms with Crippen LogP contribution in [0.1, 0.15) is 51.8 Å². The molecule has 0 saturated heterocycles. The van der Waals surface area contributed by atoms with E-state index in [1.54, 1.807) is 24.5 Å². The summed E-state index contributed by atoms with van der Waals surface area (Å²) >= 11 is 1.28. The largest absolute Gasteiger partial charge is 0.494 e. The molecular weight excluding hydrogens is 504 g/mol. The first kappa shape index (κ1) is 27.2. The topological polar surface area (TPSA) is 88.4 Å². The first-order chi connectivity index (χ1) is 18.4. The molecule has 9 heteroatoms. The van der Waals surface area contributed by atoms with Crippen molar-refractivity contribution in [1.29, 1.82) is 0 Å². The second-order valence-electron chi connectivity index (χ2n) is 8.38. The Balaban J connectivity index is 1.90. The zero-order valence-electron chi connectivity index (χ0n) is 22.3. The number of allylic oxidation sites excluding steroid dienone is 1. The van der Waals surface area contributed by atoms with Gasteiger partial charge >= 0.3 is 5.97 Å². The monoisotopic (exact) mass is 536 g/mol. The molecule has 200 valence electrons. The van der Waals surface area contributed by atoms with Gasteiger partial charge in [0.25, 0.3) is 5.56 Å². The van der Waals surface area contributed by atoms with Crippen LogP contribution in [0.5, 0.6) is 17.2 Å². The van der Waals surface area contributed by atoms with Crippen molar-refractivity contribution < 1.29 is 23.7 Å². The standard InChI is InChI=1S/C29H32N2O6S/c1-6-34-21-13-10-19(11-14-21)16-24-27(32)31-26(20-12-15-22(35-7-2)23(17-20)36-8-3)25(28(33)37-9-4)18(5)30-29(31)38-24/h10-17,26H,6-9H2,1-5H3/b24-16+. The third-order valence-electron chi connectivity index (χ3n) is 5.89. The Kier molecular flexibility index (Phi) is 8.68. The third-order valence-corrected chi connectivity index (χ3v) is 6.87. The molecule has 0 radical (unpaired) electrons. The van der Waals surface area contributed by atoms with E-state index >= 15 is 0 Å². The van der Waals surface area contributed by atoms with Gasteiger partial charge < -0.3 is 18.9 Å². The summed E-state index contributed by atoms with van der Waals surface area (Å²) in [4.78, 5) is 32.1. The molecule has 0 spiro atoms. The van der Waals surface area contributed by atoms with Crippen molar-refractivity contribution in [2.75, 3.05) is 26.4 Å². The van der Waals surface area contributed by atoms with E-state index < -0.39 is 12.0 Å². The Bertz CT molecular complexity index is 1520. The van der Waals surface area contributed by atoms with Gasteiger partial charge in [0.1, 0.15) is 5.75 Å². The lowest BCUT2D eigenvalue weighted by Gasteiger charge is -2.25. The lowest BCUT2D eigenvalue weighted by atomic mass is 9.95. The van der Waals surface area contributed by atoms with Gasteiger partial charge in [0.05, 0.1) is 48.3 Å². The number of fused-ring (bicyclic) bond motifs is 1. The van der Waals surface area contributed by atoms with Crippen LogP contribution in [0.15, 0.2) is 63.5 Å². The minimum atomic E-state index is -0.734. The number of aromatic nitrogens is 1. The minimum Gasteiger partial charge on any atom is -0.494 e. The molecule has 0 saturated carbocycles. The summed E-state index contributed by atoms with van der Waals surface area (Å²) in [5.41, 5.74) is 2.14. The molecule has 1 unspecified atom stereocenters. The maximum absolute atomic E-state index is 13.8. The fraction of sp³-hybridized carbons (Fsp3) is 0.345. The maximum Gasteiger partial charge on any atom is 0.338 e. The zero-order valence-corrected chi connectivity index (χ0v) is 23.1. The van der Waals surface area contributed by atoms with Gasteiger partial charge in [-0.25, -0.2) is 9.79 Å². The smallest absolute Gasteiger partial charge is 0.338 e. The van der Waals surface area contributed by atoms with Gasteiger partial charge in [0, 0.05) is 0 Å². The van der Waals surface area contributed by atoms with Crippen LogP contribution in [-0.2, 0) is 9.53 Å². The van der Waals surface area contributed by atoms with Crippen LogP contribution in [-0.4, -0.2) is 37.0 Å². The van der Waals surface area contributed by atoms with Gasteiger partial charge in [0.15, 0.2) is 16.3 Å². The molecule has 38 heavy (non-hydrogen) atoms. The fourth-order valence-corrected chi connectivity index (χ4v) is 5.37. The number of benzene rings is 2. The summed E-state index contributed by atoms with van der Waals surface area (Å²) in [5, 5.41) is 0. The molecule has 1 aliphatic rings. The van der Waals surface area contributed by atoms with E-state index in [0.717, 1.165) is 11.3 Å². The van der Waals surface area contributed by atoms with Gasteiger partial charge in [-0.1, -0.05) is 29.5 Å². The summed E-state index contributed by atoms with van der Waals surface area (Å²) < 4.78 is 24.5. The van der Waals surface area contributed by atoms with Crippen LogP contribution in [0, 0.1) is 0 Å². The number of carbonyl (C=O) groups is 1. The maximum atomic E-state index is 13.8. The molecule has 1 aromatic heterocycles. The van der Waals surface area contributed by atoms with Crippen LogP contribution in [0.2, 0.25) is 0 Å². The molecule has 0 bridgehead atoms. The van der Waals surface area contributed by atoms with E-state index in [1.165, 1.54) is 11.3 Å². The van der Waals surface area contributed by atoms with E-state index in [0.29, 0.717) is 57.5 Å². The number of esters is 1. The highest BCUT2D eigenvalue weighted by molar-refractivity contribution is 7.07. The van der Waals surface area contributed by atoms with E-state index in [1.807, 2.05) is 63.2 Å². The van der Waals surface area contributed by atoms with E-state index in [-0.39, 0.29) is 12.2 Å². The van der Waals surface area contributed by atoms with E-state index in [2.05, 4.69) is 4.99 Å². The molecule has 0 fully saturated rings. The van der Waals surface area contributed by atoms with Gasteiger partial charge in [-0.3, -0.25) is 9.36 Å². The van der Waals surface area contributed by atoms with Crippen molar-refractivity contribution in [3.8, 4) is 17.2 Å². The second-order valence-corrected chi connectivity index (χ2v) is 9.39. The number of ether oxygens (including phenoxy) is 4. The second kappa shape index (κ2) is 12.1. The molecule has 4 rings (SSSR count). The van der Waals surface area contributed by atoms with Crippen molar-refractivity contribution in [1.82, 2.24) is 4.57 Å². The highest BCUT2D eigenvalue weighted by Gasteiger charge is 2.34. The quantitative estimate of drug-likeness (QED) is 0.364. The number of hydrogen-bond acceptors (Lipinski definition) is 8. The summed E-state index contributed by atoms with van der Waals surface area (Å²) in [6, 6.07) is 12.3. The lowest BCUT2D eigenvalue weighted by molar-refractivity contribution is -0.139. The Labute approximate surface area is 225 Å².